The molecule has 138 valence electrons. The van der Waals surface area contributed by atoms with E-state index in [0.717, 1.165) is 4.90 Å². The molecule has 0 aliphatic carbocycles. The number of nitrogens with zero attached hydrogens (tertiary/aromatic N) is 3. The monoisotopic (exact) mass is 362 g/mol. The van der Waals surface area contributed by atoms with Crippen LogP contribution in [0.4, 0.5) is 16.2 Å². The van der Waals surface area contributed by atoms with Gasteiger partial charge in [-0.15, -0.1) is 0 Å². The van der Waals surface area contributed by atoms with Crippen LogP contribution in [0.2, 0.25) is 0 Å². The first-order valence-electron chi connectivity index (χ1n) is 7.84. The number of carbonyl (C=O) groups is 4. The number of amides is 5. The lowest BCUT2D eigenvalue weighted by Gasteiger charge is -2.16. The molecule has 1 aromatic carbocycles. The Hall–Kier alpha value is -3.30. The fraction of sp³-hybridized carbons (Fsp3) is 0.375. The third-order valence-electron chi connectivity index (χ3n) is 3.67. The van der Waals surface area contributed by atoms with E-state index in [0.29, 0.717) is 10.5 Å². The molecule has 1 N–H and O–H groups in total. The first-order chi connectivity index (χ1) is 12.1. The van der Waals surface area contributed by atoms with Gasteiger partial charge in [0.25, 0.3) is 5.69 Å². The molecule has 1 aliphatic heterocycles. The highest BCUT2D eigenvalue weighted by Crippen LogP contribution is 2.22. The predicted molar refractivity (Wildman–Crippen MR) is 90.1 cm³/mol. The van der Waals surface area contributed by atoms with Crippen molar-refractivity contribution in [1.82, 2.24) is 9.80 Å². The minimum Gasteiger partial charge on any atom is -0.324 e. The van der Waals surface area contributed by atoms with Gasteiger partial charge in [-0.3, -0.25) is 29.4 Å². The van der Waals surface area contributed by atoms with Gasteiger partial charge in [-0.2, -0.15) is 0 Å². The lowest BCUT2D eigenvalue weighted by molar-refractivity contribution is -0.385. The quantitative estimate of drug-likeness (QED) is 0.351. The largest absolute Gasteiger partial charge is 0.334 e. The molecular weight excluding hydrogens is 344 g/mol. The molecule has 10 heteroatoms. The van der Waals surface area contributed by atoms with E-state index in [9.17, 15) is 29.3 Å². The van der Waals surface area contributed by atoms with Crippen LogP contribution in [0.3, 0.4) is 0 Å². The van der Waals surface area contributed by atoms with Gasteiger partial charge in [0.05, 0.1) is 4.92 Å². The SMILES string of the molecule is Cc1ccc(NC(=O)CN2C(=O)C(=O)N(CC(C)C)C2=O)cc1[N+](=O)[O-]. The number of urea groups is 1. The number of anilines is 1. The number of hydrogen-bond donors (Lipinski definition) is 1. The minimum absolute atomic E-state index is 0.0300. The van der Waals surface area contributed by atoms with E-state index in [1.165, 1.54) is 18.2 Å². The van der Waals surface area contributed by atoms with E-state index in [-0.39, 0.29) is 23.8 Å². The van der Waals surface area contributed by atoms with Gasteiger partial charge in [0, 0.05) is 23.9 Å². The summed E-state index contributed by atoms with van der Waals surface area (Å²) in [5.41, 5.74) is 0.402. The normalized spacial score (nSPS) is 14.4. The molecule has 1 fully saturated rings. The molecule has 1 aromatic rings. The van der Waals surface area contributed by atoms with E-state index >= 15 is 0 Å². The Morgan fingerprint density at radius 1 is 1.19 bits per heavy atom. The Morgan fingerprint density at radius 2 is 1.81 bits per heavy atom. The summed E-state index contributed by atoms with van der Waals surface area (Å²) < 4.78 is 0. The average Bonchev–Trinajstić information content (AvgIpc) is 2.74. The number of aryl methyl sites for hydroxylation is 1. The summed E-state index contributed by atoms with van der Waals surface area (Å²) in [6, 6.07) is 3.26. The second-order valence-corrected chi connectivity index (χ2v) is 6.29. The van der Waals surface area contributed by atoms with Crippen LogP contribution in [0.5, 0.6) is 0 Å². The highest BCUT2D eigenvalue weighted by Gasteiger charge is 2.45. The van der Waals surface area contributed by atoms with E-state index in [1.54, 1.807) is 20.8 Å². The standard InChI is InChI=1S/C16H18N4O6/c1-9(2)7-18-14(22)15(23)19(16(18)24)8-13(21)17-11-5-4-10(3)12(6-11)20(25)26/h4-6,9H,7-8H2,1-3H3,(H,17,21). The van der Waals surface area contributed by atoms with Crippen LogP contribution in [-0.2, 0) is 14.4 Å². The van der Waals surface area contributed by atoms with Crippen molar-refractivity contribution in [3.63, 3.8) is 0 Å². The molecule has 1 heterocycles. The maximum absolute atomic E-state index is 12.2. The predicted octanol–water partition coefficient (Wildman–Crippen LogP) is 1.29. The zero-order valence-electron chi connectivity index (χ0n) is 14.5. The maximum Gasteiger partial charge on any atom is 0.334 e. The number of hydrogen-bond acceptors (Lipinski definition) is 6. The van der Waals surface area contributed by atoms with E-state index in [1.807, 2.05) is 0 Å². The van der Waals surface area contributed by atoms with Crippen molar-refractivity contribution in [2.45, 2.75) is 20.8 Å². The zero-order valence-corrected chi connectivity index (χ0v) is 14.5. The third kappa shape index (κ3) is 3.85. The number of carbonyl (C=O) groups excluding carboxylic acids is 4. The molecule has 0 radical (unpaired) electrons. The summed E-state index contributed by atoms with van der Waals surface area (Å²) in [6.45, 7) is 4.54. The lowest BCUT2D eigenvalue weighted by atomic mass is 10.2. The van der Waals surface area contributed by atoms with Crippen molar-refractivity contribution < 1.29 is 24.1 Å². The molecule has 10 nitrogen and oxygen atoms in total. The summed E-state index contributed by atoms with van der Waals surface area (Å²) >= 11 is 0. The van der Waals surface area contributed by atoms with Gasteiger partial charge in [0.1, 0.15) is 6.54 Å². The molecule has 1 aliphatic rings. The first-order valence-corrected chi connectivity index (χ1v) is 7.84. The van der Waals surface area contributed by atoms with E-state index in [4.69, 9.17) is 0 Å². The van der Waals surface area contributed by atoms with Gasteiger partial charge in [-0.05, 0) is 18.9 Å². The maximum atomic E-state index is 12.2. The molecule has 0 aromatic heterocycles. The topological polar surface area (TPSA) is 130 Å². The van der Waals surface area contributed by atoms with Gasteiger partial charge < -0.3 is 5.32 Å². The fourth-order valence-electron chi connectivity index (χ4n) is 2.44. The molecule has 5 amide bonds. The molecule has 0 saturated carbocycles. The minimum atomic E-state index is -1.07. The Labute approximate surface area is 148 Å². The van der Waals surface area contributed by atoms with Crippen molar-refractivity contribution >= 4 is 35.1 Å². The Balaban J connectivity index is 2.09. The van der Waals surface area contributed by atoms with Crippen molar-refractivity contribution in [2.24, 2.45) is 5.92 Å². The second kappa shape index (κ2) is 7.30. The number of nitrogens with one attached hydrogen (secondary N) is 1. The molecule has 0 spiro atoms. The van der Waals surface area contributed by atoms with Gasteiger partial charge >= 0.3 is 17.8 Å². The highest BCUT2D eigenvalue weighted by atomic mass is 16.6. The molecule has 1 saturated heterocycles. The highest BCUT2D eigenvalue weighted by molar-refractivity contribution is 6.45. The van der Waals surface area contributed by atoms with Crippen molar-refractivity contribution in [2.75, 3.05) is 18.4 Å². The zero-order chi connectivity index (χ0) is 19.6. The van der Waals surface area contributed by atoms with Crippen LogP contribution in [0.1, 0.15) is 19.4 Å². The molecule has 2 rings (SSSR count). The first kappa shape index (κ1) is 19.0. The Bertz CT molecular complexity index is 804. The number of nitro groups is 1. The fourth-order valence-corrected chi connectivity index (χ4v) is 2.44. The number of imide groups is 2. The lowest BCUT2D eigenvalue weighted by Crippen LogP contribution is -2.39. The van der Waals surface area contributed by atoms with Crippen molar-refractivity contribution in [3.05, 3.63) is 33.9 Å². The van der Waals surface area contributed by atoms with Crippen LogP contribution in [0.15, 0.2) is 18.2 Å². The van der Waals surface area contributed by atoms with Gasteiger partial charge in [0.15, 0.2) is 0 Å². The van der Waals surface area contributed by atoms with Crippen LogP contribution in [0.25, 0.3) is 0 Å². The molecular formula is C16H18N4O6. The summed E-state index contributed by atoms with van der Waals surface area (Å²) in [6.07, 6.45) is 0. The molecule has 0 unspecified atom stereocenters. The number of nitro benzene ring substituents is 1. The molecule has 0 atom stereocenters. The average molecular weight is 362 g/mol. The number of rotatable bonds is 6. The van der Waals surface area contributed by atoms with Crippen molar-refractivity contribution in [3.8, 4) is 0 Å². The van der Waals surface area contributed by atoms with Crippen LogP contribution in [0, 0.1) is 23.0 Å². The summed E-state index contributed by atoms with van der Waals surface area (Å²) in [7, 11) is 0. The number of benzene rings is 1. The van der Waals surface area contributed by atoms with E-state index in [2.05, 4.69) is 5.32 Å². The van der Waals surface area contributed by atoms with E-state index < -0.39 is 35.2 Å². The Kier molecular flexibility index (Phi) is 5.34. The molecule has 26 heavy (non-hydrogen) atoms. The summed E-state index contributed by atoms with van der Waals surface area (Å²) in [4.78, 5) is 59.8. The smallest absolute Gasteiger partial charge is 0.324 e. The van der Waals surface area contributed by atoms with Gasteiger partial charge in [-0.1, -0.05) is 19.9 Å². The van der Waals surface area contributed by atoms with Crippen molar-refractivity contribution in [1.29, 1.82) is 0 Å². The molecule has 0 bridgehead atoms. The van der Waals surface area contributed by atoms with Gasteiger partial charge in [0.2, 0.25) is 5.91 Å². The van der Waals surface area contributed by atoms with Crippen LogP contribution < -0.4 is 5.32 Å². The summed E-state index contributed by atoms with van der Waals surface area (Å²) in [5, 5.41) is 13.3. The Morgan fingerprint density at radius 3 is 2.38 bits per heavy atom. The third-order valence-corrected chi connectivity index (χ3v) is 3.67. The second-order valence-electron chi connectivity index (χ2n) is 6.29. The van der Waals surface area contributed by atoms with Gasteiger partial charge in [-0.25, -0.2) is 9.69 Å². The summed E-state index contributed by atoms with van der Waals surface area (Å²) in [5.74, 6) is -2.82. The van der Waals surface area contributed by atoms with Crippen LogP contribution >= 0.6 is 0 Å². The van der Waals surface area contributed by atoms with Crippen LogP contribution in [-0.4, -0.2) is 51.6 Å².